The van der Waals surface area contributed by atoms with Gasteiger partial charge < -0.3 is 15.1 Å². The van der Waals surface area contributed by atoms with Crippen LogP contribution < -0.4 is 10.2 Å². The molecule has 0 radical (unpaired) electrons. The number of phenols is 1. The molecule has 0 heterocycles. The van der Waals surface area contributed by atoms with Crippen LogP contribution >= 0.6 is 11.6 Å². The van der Waals surface area contributed by atoms with Crippen molar-refractivity contribution >= 4 is 11.6 Å². The molecule has 1 aromatic rings. The minimum Gasteiger partial charge on any atom is -0.504 e. The normalized spacial score (nSPS) is 10.1. The largest absolute Gasteiger partial charge is 0.504 e. The summed E-state index contributed by atoms with van der Waals surface area (Å²) in [6, 6.07) is 3.14. The van der Waals surface area contributed by atoms with E-state index in [0.29, 0.717) is 16.3 Å². The number of hydrogen-bond donors (Lipinski definition) is 3. The number of ether oxygens (including phenoxy) is 1. The van der Waals surface area contributed by atoms with Crippen molar-refractivity contribution in [2.24, 2.45) is 0 Å². The lowest BCUT2D eigenvalue weighted by Crippen LogP contribution is -2.07. The first-order valence-corrected chi connectivity index (χ1v) is 3.99. The number of aromatic hydroxyl groups is 1. The lowest BCUT2D eigenvalue weighted by atomic mass is 10.2. The van der Waals surface area contributed by atoms with Crippen LogP contribution in [0.1, 0.15) is 5.56 Å². The van der Waals surface area contributed by atoms with Crippen LogP contribution in [0.15, 0.2) is 12.1 Å². The van der Waals surface area contributed by atoms with Crippen molar-refractivity contribution in [2.75, 3.05) is 7.11 Å². The standard InChI is InChI=1S/C8H10ClNO3/c1-13-7-3-2-6(9)5(4-10-12)8(7)11/h2-3,10-12H,4H2,1H3. The van der Waals surface area contributed by atoms with Gasteiger partial charge in [0.15, 0.2) is 11.5 Å². The SMILES string of the molecule is COc1ccc(Cl)c(CNO)c1O. The van der Waals surface area contributed by atoms with Gasteiger partial charge in [-0.25, -0.2) is 5.48 Å². The number of phenolic OH excluding ortho intramolecular Hbond substituents is 1. The Labute approximate surface area is 80.7 Å². The van der Waals surface area contributed by atoms with Crippen LogP contribution in [0.5, 0.6) is 11.5 Å². The van der Waals surface area contributed by atoms with Crippen LogP contribution in [-0.4, -0.2) is 17.4 Å². The molecule has 4 nitrogen and oxygen atoms in total. The fraction of sp³-hybridized carbons (Fsp3) is 0.250. The number of benzene rings is 1. The van der Waals surface area contributed by atoms with Crippen molar-refractivity contribution in [3.8, 4) is 11.5 Å². The van der Waals surface area contributed by atoms with E-state index in [1.54, 1.807) is 12.1 Å². The van der Waals surface area contributed by atoms with Gasteiger partial charge in [-0.2, -0.15) is 0 Å². The second-order valence-electron chi connectivity index (χ2n) is 2.41. The third-order valence-electron chi connectivity index (χ3n) is 1.66. The van der Waals surface area contributed by atoms with Crippen LogP contribution in [0.2, 0.25) is 5.02 Å². The number of hydrogen-bond acceptors (Lipinski definition) is 4. The summed E-state index contributed by atoms with van der Waals surface area (Å²) in [5, 5.41) is 18.4. The summed E-state index contributed by atoms with van der Waals surface area (Å²) in [6.45, 7) is 0.0713. The maximum absolute atomic E-state index is 9.54. The highest BCUT2D eigenvalue weighted by atomic mass is 35.5. The summed E-state index contributed by atoms with van der Waals surface area (Å²) < 4.78 is 4.87. The van der Waals surface area contributed by atoms with Gasteiger partial charge in [0, 0.05) is 10.6 Å². The van der Waals surface area contributed by atoms with Gasteiger partial charge in [0.05, 0.1) is 13.7 Å². The van der Waals surface area contributed by atoms with E-state index in [-0.39, 0.29) is 12.3 Å². The molecule has 5 heteroatoms. The van der Waals surface area contributed by atoms with E-state index in [0.717, 1.165) is 0 Å². The highest BCUT2D eigenvalue weighted by molar-refractivity contribution is 6.31. The van der Waals surface area contributed by atoms with E-state index >= 15 is 0 Å². The van der Waals surface area contributed by atoms with Gasteiger partial charge in [-0.15, -0.1) is 0 Å². The summed E-state index contributed by atoms with van der Waals surface area (Å²) in [5.41, 5.74) is 2.32. The molecule has 0 fully saturated rings. The molecular weight excluding hydrogens is 194 g/mol. The predicted molar refractivity (Wildman–Crippen MR) is 48.3 cm³/mol. The van der Waals surface area contributed by atoms with Crippen molar-refractivity contribution in [1.82, 2.24) is 5.48 Å². The molecule has 0 amide bonds. The molecule has 0 saturated heterocycles. The van der Waals surface area contributed by atoms with Crippen molar-refractivity contribution in [1.29, 1.82) is 0 Å². The van der Waals surface area contributed by atoms with Crippen molar-refractivity contribution < 1.29 is 15.1 Å². The lowest BCUT2D eigenvalue weighted by Gasteiger charge is -2.09. The van der Waals surface area contributed by atoms with Crippen molar-refractivity contribution in [3.63, 3.8) is 0 Å². The zero-order chi connectivity index (χ0) is 9.84. The summed E-state index contributed by atoms with van der Waals surface area (Å²) in [6.07, 6.45) is 0. The zero-order valence-corrected chi connectivity index (χ0v) is 7.80. The fourth-order valence-electron chi connectivity index (χ4n) is 1.00. The molecule has 0 bridgehead atoms. The molecule has 72 valence electrons. The van der Waals surface area contributed by atoms with Gasteiger partial charge >= 0.3 is 0 Å². The Morgan fingerprint density at radius 3 is 2.77 bits per heavy atom. The van der Waals surface area contributed by atoms with E-state index in [1.165, 1.54) is 7.11 Å². The number of nitrogens with one attached hydrogen (secondary N) is 1. The molecule has 0 unspecified atom stereocenters. The third kappa shape index (κ3) is 2.03. The topological polar surface area (TPSA) is 61.7 Å². The van der Waals surface area contributed by atoms with Gasteiger partial charge in [0.1, 0.15) is 0 Å². The van der Waals surface area contributed by atoms with Gasteiger partial charge in [0.25, 0.3) is 0 Å². The molecule has 1 aromatic carbocycles. The maximum Gasteiger partial charge on any atom is 0.163 e. The summed E-state index contributed by atoms with van der Waals surface area (Å²) in [4.78, 5) is 0. The van der Waals surface area contributed by atoms with Crippen LogP contribution in [0.3, 0.4) is 0 Å². The molecule has 0 aliphatic rings. The number of hydroxylamine groups is 1. The zero-order valence-electron chi connectivity index (χ0n) is 7.04. The Morgan fingerprint density at radius 1 is 1.54 bits per heavy atom. The highest BCUT2D eigenvalue weighted by Crippen LogP contribution is 2.34. The van der Waals surface area contributed by atoms with Crippen LogP contribution in [0, 0.1) is 0 Å². The van der Waals surface area contributed by atoms with Gasteiger partial charge in [-0.1, -0.05) is 11.6 Å². The van der Waals surface area contributed by atoms with Crippen LogP contribution in [0.4, 0.5) is 0 Å². The molecule has 0 aliphatic heterocycles. The Bertz CT molecular complexity index is 304. The average Bonchev–Trinajstić information content (AvgIpc) is 2.12. The quantitative estimate of drug-likeness (QED) is 0.652. The molecule has 0 saturated carbocycles. The number of methoxy groups -OCH3 is 1. The molecular formula is C8H10ClNO3. The Kier molecular flexibility index (Phi) is 3.36. The first-order valence-electron chi connectivity index (χ1n) is 3.62. The molecule has 1 rings (SSSR count). The molecule has 0 atom stereocenters. The van der Waals surface area contributed by atoms with E-state index < -0.39 is 0 Å². The van der Waals surface area contributed by atoms with E-state index in [1.807, 2.05) is 5.48 Å². The smallest absolute Gasteiger partial charge is 0.163 e. The van der Waals surface area contributed by atoms with Crippen molar-refractivity contribution in [3.05, 3.63) is 22.7 Å². The van der Waals surface area contributed by atoms with Crippen LogP contribution in [-0.2, 0) is 6.54 Å². The predicted octanol–water partition coefficient (Wildman–Crippen LogP) is 1.53. The molecule has 0 aliphatic carbocycles. The first-order chi connectivity index (χ1) is 6.20. The van der Waals surface area contributed by atoms with Gasteiger partial charge in [-0.05, 0) is 12.1 Å². The van der Waals surface area contributed by atoms with E-state index in [2.05, 4.69) is 0 Å². The summed E-state index contributed by atoms with van der Waals surface area (Å²) in [7, 11) is 1.44. The van der Waals surface area contributed by atoms with Crippen molar-refractivity contribution in [2.45, 2.75) is 6.54 Å². The second-order valence-corrected chi connectivity index (χ2v) is 2.82. The third-order valence-corrected chi connectivity index (χ3v) is 2.02. The number of rotatable bonds is 3. The maximum atomic E-state index is 9.54. The number of halogens is 1. The Balaban J connectivity index is 3.13. The lowest BCUT2D eigenvalue weighted by molar-refractivity contribution is 0.160. The molecule has 3 N–H and O–H groups in total. The average molecular weight is 204 g/mol. The Morgan fingerprint density at radius 2 is 2.23 bits per heavy atom. The molecule has 0 aromatic heterocycles. The molecule has 13 heavy (non-hydrogen) atoms. The van der Waals surface area contributed by atoms with Gasteiger partial charge in [-0.3, -0.25) is 0 Å². The van der Waals surface area contributed by atoms with E-state index in [9.17, 15) is 5.11 Å². The monoisotopic (exact) mass is 203 g/mol. The van der Waals surface area contributed by atoms with E-state index in [4.69, 9.17) is 21.5 Å². The minimum absolute atomic E-state index is 0.0587. The summed E-state index contributed by atoms with van der Waals surface area (Å²) in [5.74, 6) is 0.270. The Hall–Kier alpha value is -0.970. The second kappa shape index (κ2) is 4.32. The summed E-state index contributed by atoms with van der Waals surface area (Å²) >= 11 is 5.77. The minimum atomic E-state index is -0.0587. The fourth-order valence-corrected chi connectivity index (χ4v) is 1.22. The van der Waals surface area contributed by atoms with Crippen LogP contribution in [0.25, 0.3) is 0 Å². The highest BCUT2D eigenvalue weighted by Gasteiger charge is 2.10. The first kappa shape index (κ1) is 10.1. The molecule has 0 spiro atoms. The van der Waals surface area contributed by atoms with Gasteiger partial charge in [0.2, 0.25) is 0 Å².